The number of alkyl halides is 3. The highest BCUT2D eigenvalue weighted by Gasteiger charge is 2.31. The topological polar surface area (TPSA) is 46.2 Å². The molecule has 3 N–H and O–H groups in total. The summed E-state index contributed by atoms with van der Waals surface area (Å²) >= 11 is 0. The van der Waals surface area contributed by atoms with E-state index in [1.807, 2.05) is 0 Å². The second-order valence-corrected chi connectivity index (χ2v) is 3.36. The first-order chi connectivity index (χ1) is 6.86. The van der Waals surface area contributed by atoms with E-state index in [0.29, 0.717) is 11.1 Å². The molecule has 0 saturated heterocycles. The van der Waals surface area contributed by atoms with Crippen LogP contribution in [0.25, 0.3) is 0 Å². The number of rotatable bonds is 2. The van der Waals surface area contributed by atoms with Gasteiger partial charge in [-0.15, -0.1) is 0 Å². The van der Waals surface area contributed by atoms with Gasteiger partial charge in [0.15, 0.2) is 0 Å². The van der Waals surface area contributed by atoms with Crippen molar-refractivity contribution < 1.29 is 18.3 Å². The zero-order valence-corrected chi connectivity index (χ0v) is 8.17. The van der Waals surface area contributed by atoms with E-state index in [1.165, 1.54) is 6.07 Å². The third kappa shape index (κ3) is 2.70. The lowest BCUT2D eigenvalue weighted by atomic mass is 9.99. The molecule has 0 fully saturated rings. The summed E-state index contributed by atoms with van der Waals surface area (Å²) in [5, 5.41) is 8.80. The Morgan fingerprint density at radius 1 is 1.40 bits per heavy atom. The predicted molar refractivity (Wildman–Crippen MR) is 50.2 cm³/mol. The summed E-state index contributed by atoms with van der Waals surface area (Å²) in [6.45, 7) is 1.28. The van der Waals surface area contributed by atoms with Crippen LogP contribution >= 0.6 is 0 Å². The van der Waals surface area contributed by atoms with Crippen molar-refractivity contribution in [3.63, 3.8) is 0 Å². The molecule has 1 aromatic carbocycles. The standard InChI is InChI=1S/C10H12F3NO/c1-6-2-3-7(10(11,12)13)4-8(6)9(14)5-15/h2-4,9,15H,5,14H2,1H3/t9-/m1/s1. The fourth-order valence-electron chi connectivity index (χ4n) is 1.31. The smallest absolute Gasteiger partial charge is 0.394 e. The van der Waals surface area contributed by atoms with Gasteiger partial charge < -0.3 is 10.8 Å². The number of hydrogen-bond donors (Lipinski definition) is 2. The summed E-state index contributed by atoms with van der Waals surface area (Å²) in [6, 6.07) is 2.57. The lowest BCUT2D eigenvalue weighted by Gasteiger charge is -2.15. The first-order valence-electron chi connectivity index (χ1n) is 4.40. The van der Waals surface area contributed by atoms with Crippen LogP contribution in [-0.2, 0) is 6.18 Å². The average molecular weight is 219 g/mol. The maximum atomic E-state index is 12.4. The quantitative estimate of drug-likeness (QED) is 0.799. The van der Waals surface area contributed by atoms with Crippen molar-refractivity contribution in [2.45, 2.75) is 19.1 Å². The zero-order valence-electron chi connectivity index (χ0n) is 8.17. The molecule has 0 heterocycles. The minimum absolute atomic E-state index is 0.326. The largest absolute Gasteiger partial charge is 0.416 e. The number of benzene rings is 1. The van der Waals surface area contributed by atoms with E-state index < -0.39 is 17.8 Å². The van der Waals surface area contributed by atoms with Crippen molar-refractivity contribution in [3.8, 4) is 0 Å². The molecule has 1 aromatic rings. The van der Waals surface area contributed by atoms with Crippen LogP contribution in [0.15, 0.2) is 18.2 Å². The molecular formula is C10H12F3NO. The van der Waals surface area contributed by atoms with Gasteiger partial charge in [-0.3, -0.25) is 0 Å². The monoisotopic (exact) mass is 219 g/mol. The molecule has 1 rings (SSSR count). The van der Waals surface area contributed by atoms with Crippen molar-refractivity contribution >= 4 is 0 Å². The molecule has 84 valence electrons. The van der Waals surface area contributed by atoms with Gasteiger partial charge in [0.05, 0.1) is 18.2 Å². The third-order valence-electron chi connectivity index (χ3n) is 2.20. The Morgan fingerprint density at radius 3 is 2.47 bits per heavy atom. The van der Waals surface area contributed by atoms with Crippen LogP contribution in [0.4, 0.5) is 13.2 Å². The molecule has 0 aliphatic heterocycles. The minimum Gasteiger partial charge on any atom is -0.394 e. The maximum Gasteiger partial charge on any atom is 0.416 e. The Bertz CT molecular complexity index is 349. The molecule has 15 heavy (non-hydrogen) atoms. The van der Waals surface area contributed by atoms with E-state index in [1.54, 1.807) is 6.92 Å². The highest BCUT2D eigenvalue weighted by atomic mass is 19.4. The van der Waals surface area contributed by atoms with E-state index in [4.69, 9.17) is 10.8 Å². The molecule has 0 aliphatic rings. The van der Waals surface area contributed by atoms with Crippen molar-refractivity contribution in [2.75, 3.05) is 6.61 Å². The second kappa shape index (κ2) is 4.20. The van der Waals surface area contributed by atoms with Crippen LogP contribution in [0.5, 0.6) is 0 Å². The van der Waals surface area contributed by atoms with E-state index in [-0.39, 0.29) is 6.61 Å². The average Bonchev–Trinajstić information content (AvgIpc) is 2.15. The Hall–Kier alpha value is -1.07. The lowest BCUT2D eigenvalue weighted by Crippen LogP contribution is -2.17. The summed E-state index contributed by atoms with van der Waals surface area (Å²) in [6.07, 6.45) is -4.38. The first-order valence-corrected chi connectivity index (χ1v) is 4.40. The summed E-state index contributed by atoms with van der Waals surface area (Å²) in [4.78, 5) is 0. The van der Waals surface area contributed by atoms with Gasteiger partial charge in [-0.05, 0) is 30.2 Å². The lowest BCUT2D eigenvalue weighted by molar-refractivity contribution is -0.137. The fourth-order valence-corrected chi connectivity index (χ4v) is 1.31. The first kappa shape index (κ1) is 12.0. The van der Waals surface area contributed by atoms with Crippen LogP contribution in [0, 0.1) is 6.92 Å². The van der Waals surface area contributed by atoms with E-state index in [0.717, 1.165) is 12.1 Å². The number of hydrogen-bond acceptors (Lipinski definition) is 2. The molecular weight excluding hydrogens is 207 g/mol. The minimum atomic E-state index is -4.38. The number of aryl methyl sites for hydroxylation is 1. The van der Waals surface area contributed by atoms with Gasteiger partial charge in [-0.2, -0.15) is 13.2 Å². The Balaban J connectivity index is 3.17. The molecule has 0 aromatic heterocycles. The Labute approximate surface area is 85.5 Å². The molecule has 0 amide bonds. The number of nitrogens with two attached hydrogens (primary N) is 1. The van der Waals surface area contributed by atoms with E-state index in [2.05, 4.69) is 0 Å². The van der Waals surface area contributed by atoms with Gasteiger partial charge in [0.1, 0.15) is 0 Å². The van der Waals surface area contributed by atoms with Crippen LogP contribution < -0.4 is 5.73 Å². The zero-order chi connectivity index (χ0) is 11.6. The predicted octanol–water partition coefficient (Wildman–Crippen LogP) is 2.01. The normalized spacial score (nSPS) is 14.0. The number of aliphatic hydroxyl groups excluding tert-OH is 1. The molecule has 0 unspecified atom stereocenters. The van der Waals surface area contributed by atoms with Crippen molar-refractivity contribution in [2.24, 2.45) is 5.73 Å². The van der Waals surface area contributed by atoms with Crippen molar-refractivity contribution in [3.05, 3.63) is 34.9 Å². The number of aliphatic hydroxyl groups is 1. The molecule has 0 radical (unpaired) electrons. The summed E-state index contributed by atoms with van der Waals surface area (Å²) in [5.74, 6) is 0. The molecule has 2 nitrogen and oxygen atoms in total. The van der Waals surface area contributed by atoms with Crippen LogP contribution in [0.3, 0.4) is 0 Å². The highest BCUT2D eigenvalue weighted by molar-refractivity contribution is 5.34. The Morgan fingerprint density at radius 2 is 2.00 bits per heavy atom. The molecule has 0 aliphatic carbocycles. The van der Waals surface area contributed by atoms with Crippen molar-refractivity contribution in [1.82, 2.24) is 0 Å². The summed E-state index contributed by atoms with van der Waals surface area (Å²) in [5.41, 5.74) is 5.72. The number of halogens is 3. The second-order valence-electron chi connectivity index (χ2n) is 3.36. The molecule has 5 heteroatoms. The van der Waals surface area contributed by atoms with Gasteiger partial charge in [0.2, 0.25) is 0 Å². The van der Waals surface area contributed by atoms with E-state index in [9.17, 15) is 13.2 Å². The van der Waals surface area contributed by atoms with Gasteiger partial charge in [-0.1, -0.05) is 6.07 Å². The SMILES string of the molecule is Cc1ccc(C(F)(F)F)cc1[C@H](N)CO. The van der Waals surface area contributed by atoms with Gasteiger partial charge in [0.25, 0.3) is 0 Å². The van der Waals surface area contributed by atoms with Gasteiger partial charge in [-0.25, -0.2) is 0 Å². The van der Waals surface area contributed by atoms with Crippen LogP contribution in [0.2, 0.25) is 0 Å². The third-order valence-corrected chi connectivity index (χ3v) is 2.20. The van der Waals surface area contributed by atoms with Crippen LogP contribution in [0.1, 0.15) is 22.7 Å². The molecule has 1 atom stereocenters. The highest BCUT2D eigenvalue weighted by Crippen LogP contribution is 2.31. The Kier molecular flexibility index (Phi) is 3.36. The summed E-state index contributed by atoms with van der Waals surface area (Å²) in [7, 11) is 0. The van der Waals surface area contributed by atoms with Crippen molar-refractivity contribution in [1.29, 1.82) is 0 Å². The van der Waals surface area contributed by atoms with E-state index >= 15 is 0 Å². The fraction of sp³-hybridized carbons (Fsp3) is 0.400. The van der Waals surface area contributed by atoms with Gasteiger partial charge >= 0.3 is 6.18 Å². The van der Waals surface area contributed by atoms with Gasteiger partial charge in [0, 0.05) is 0 Å². The molecule has 0 saturated carbocycles. The maximum absolute atomic E-state index is 12.4. The molecule has 0 spiro atoms. The summed E-state index contributed by atoms with van der Waals surface area (Å²) < 4.78 is 37.1. The molecule has 0 bridgehead atoms. The van der Waals surface area contributed by atoms with Crippen LogP contribution in [-0.4, -0.2) is 11.7 Å².